The minimum Gasteiger partial charge on any atom is -0.356 e. The maximum atomic E-state index is 11.8. The van der Waals surface area contributed by atoms with Crippen LogP contribution < -0.4 is 10.2 Å². The van der Waals surface area contributed by atoms with Gasteiger partial charge in [0.25, 0.3) is 0 Å². The summed E-state index contributed by atoms with van der Waals surface area (Å²) in [5.74, 6) is 0.305. The van der Waals surface area contributed by atoms with Crippen molar-refractivity contribution in [1.82, 2.24) is 10.3 Å². The number of benzene rings is 1. The van der Waals surface area contributed by atoms with Crippen LogP contribution in [0.3, 0.4) is 0 Å². The highest BCUT2D eigenvalue weighted by atomic mass is 32.2. The van der Waals surface area contributed by atoms with Crippen molar-refractivity contribution in [2.45, 2.75) is 12.1 Å². The van der Waals surface area contributed by atoms with Crippen LogP contribution in [0.15, 0.2) is 36.5 Å². The molecule has 21 heavy (non-hydrogen) atoms. The molecule has 1 N–H and O–H groups in total. The standard InChI is InChI=1S/C14H13N3O2S2/c18-21(19)7-12-13(8-21)17(14(20)16-12)10-3-4-11-9(6-10)2-1-5-15-11/h1-6,12-13H,7-8H2,(H,16,20)/t12-,13-/m0/s1. The molecule has 0 aliphatic carbocycles. The van der Waals surface area contributed by atoms with E-state index >= 15 is 0 Å². The minimum atomic E-state index is -2.99. The highest BCUT2D eigenvalue weighted by molar-refractivity contribution is 7.91. The van der Waals surface area contributed by atoms with Crippen LogP contribution in [-0.2, 0) is 9.84 Å². The summed E-state index contributed by atoms with van der Waals surface area (Å²) in [5, 5.41) is 4.75. The van der Waals surface area contributed by atoms with Crippen molar-refractivity contribution in [3.63, 3.8) is 0 Å². The van der Waals surface area contributed by atoms with E-state index in [0.717, 1.165) is 16.6 Å². The summed E-state index contributed by atoms with van der Waals surface area (Å²) in [4.78, 5) is 6.22. The highest BCUT2D eigenvalue weighted by Gasteiger charge is 2.47. The van der Waals surface area contributed by atoms with Crippen molar-refractivity contribution in [2.75, 3.05) is 16.4 Å². The third-order valence-corrected chi connectivity index (χ3v) is 6.08. The van der Waals surface area contributed by atoms with E-state index in [0.29, 0.717) is 5.11 Å². The van der Waals surface area contributed by atoms with Crippen LogP contribution in [-0.4, -0.2) is 42.1 Å². The molecule has 2 aromatic rings. The Labute approximate surface area is 127 Å². The van der Waals surface area contributed by atoms with Crippen molar-refractivity contribution in [3.05, 3.63) is 36.5 Å². The molecule has 1 aromatic heterocycles. The zero-order valence-corrected chi connectivity index (χ0v) is 12.7. The fourth-order valence-electron chi connectivity index (χ4n) is 3.12. The molecule has 2 fully saturated rings. The molecule has 2 saturated heterocycles. The molecule has 0 amide bonds. The molecule has 1 aromatic carbocycles. The normalized spacial score (nSPS) is 26.9. The van der Waals surface area contributed by atoms with E-state index in [4.69, 9.17) is 12.2 Å². The van der Waals surface area contributed by atoms with Crippen LogP contribution in [0, 0.1) is 0 Å². The van der Waals surface area contributed by atoms with Gasteiger partial charge < -0.3 is 10.2 Å². The Balaban J connectivity index is 1.78. The maximum Gasteiger partial charge on any atom is 0.174 e. The Hall–Kier alpha value is -1.73. The number of thiocarbonyl (C=S) groups is 1. The number of hydrogen-bond acceptors (Lipinski definition) is 4. The summed E-state index contributed by atoms with van der Waals surface area (Å²) in [5.41, 5.74) is 1.83. The second-order valence-corrected chi connectivity index (χ2v) is 7.99. The molecule has 0 radical (unpaired) electrons. The lowest BCUT2D eigenvalue weighted by molar-refractivity contribution is 0.600. The number of hydrogen-bond donors (Lipinski definition) is 1. The summed E-state index contributed by atoms with van der Waals surface area (Å²) in [6.45, 7) is 0. The van der Waals surface area contributed by atoms with E-state index in [-0.39, 0.29) is 23.6 Å². The number of fused-ring (bicyclic) bond motifs is 2. The molecule has 2 atom stereocenters. The van der Waals surface area contributed by atoms with Crippen molar-refractivity contribution < 1.29 is 8.42 Å². The van der Waals surface area contributed by atoms with Crippen LogP contribution in [0.2, 0.25) is 0 Å². The van der Waals surface area contributed by atoms with Gasteiger partial charge in [0.15, 0.2) is 14.9 Å². The van der Waals surface area contributed by atoms with Gasteiger partial charge in [0.1, 0.15) is 0 Å². The van der Waals surface area contributed by atoms with Gasteiger partial charge in [-0.1, -0.05) is 6.07 Å². The molecule has 0 saturated carbocycles. The molecule has 5 nitrogen and oxygen atoms in total. The topological polar surface area (TPSA) is 62.3 Å². The Morgan fingerprint density at radius 2 is 2.14 bits per heavy atom. The third kappa shape index (κ3) is 2.08. The molecule has 0 bridgehead atoms. The fourth-order valence-corrected chi connectivity index (χ4v) is 5.40. The van der Waals surface area contributed by atoms with E-state index in [1.807, 2.05) is 35.2 Å². The number of anilines is 1. The first kappa shape index (κ1) is 13.0. The Morgan fingerprint density at radius 1 is 1.29 bits per heavy atom. The molecular weight excluding hydrogens is 306 g/mol. The Kier molecular flexibility index (Phi) is 2.71. The second-order valence-electron chi connectivity index (χ2n) is 5.45. The fraction of sp³-hybridized carbons (Fsp3) is 0.286. The van der Waals surface area contributed by atoms with E-state index in [1.54, 1.807) is 6.20 Å². The first-order valence-corrected chi connectivity index (χ1v) is 8.91. The average Bonchev–Trinajstić information content (AvgIpc) is 2.88. The molecule has 0 spiro atoms. The summed E-state index contributed by atoms with van der Waals surface area (Å²) < 4.78 is 23.6. The lowest BCUT2D eigenvalue weighted by Crippen LogP contribution is -2.36. The van der Waals surface area contributed by atoms with Crippen molar-refractivity contribution in [2.24, 2.45) is 0 Å². The molecular formula is C14H13N3O2S2. The Morgan fingerprint density at radius 3 is 3.00 bits per heavy atom. The largest absolute Gasteiger partial charge is 0.356 e. The maximum absolute atomic E-state index is 11.8. The number of aromatic nitrogens is 1. The minimum absolute atomic E-state index is 0.105. The average molecular weight is 319 g/mol. The van der Waals surface area contributed by atoms with Gasteiger partial charge in [-0.25, -0.2) is 8.42 Å². The van der Waals surface area contributed by atoms with Crippen LogP contribution >= 0.6 is 12.2 Å². The van der Waals surface area contributed by atoms with Gasteiger partial charge in [-0.15, -0.1) is 0 Å². The molecule has 2 aliphatic heterocycles. The summed E-state index contributed by atoms with van der Waals surface area (Å²) in [6.07, 6.45) is 1.75. The van der Waals surface area contributed by atoms with Crippen molar-refractivity contribution in [1.29, 1.82) is 0 Å². The first-order chi connectivity index (χ1) is 10.0. The molecule has 7 heteroatoms. The van der Waals surface area contributed by atoms with Gasteiger partial charge in [-0.05, 0) is 36.5 Å². The number of rotatable bonds is 1. The van der Waals surface area contributed by atoms with E-state index in [9.17, 15) is 8.42 Å². The zero-order chi connectivity index (χ0) is 14.6. The number of pyridine rings is 1. The first-order valence-electron chi connectivity index (χ1n) is 6.68. The number of nitrogens with one attached hydrogen (secondary N) is 1. The van der Waals surface area contributed by atoms with Gasteiger partial charge in [0.05, 0.1) is 29.1 Å². The quantitative estimate of drug-likeness (QED) is 0.794. The number of sulfone groups is 1. The predicted octanol–water partition coefficient (Wildman–Crippen LogP) is 1.09. The lowest BCUT2D eigenvalue weighted by atomic mass is 10.1. The van der Waals surface area contributed by atoms with Crippen molar-refractivity contribution in [3.8, 4) is 0 Å². The summed E-state index contributed by atoms with van der Waals surface area (Å²) in [7, 11) is -2.99. The predicted molar refractivity (Wildman–Crippen MR) is 86.2 cm³/mol. The van der Waals surface area contributed by atoms with Gasteiger partial charge in [-0.2, -0.15) is 0 Å². The van der Waals surface area contributed by atoms with E-state index in [1.165, 1.54) is 0 Å². The smallest absolute Gasteiger partial charge is 0.174 e. The van der Waals surface area contributed by atoms with Crippen LogP contribution in [0.1, 0.15) is 0 Å². The molecule has 4 rings (SSSR count). The van der Waals surface area contributed by atoms with E-state index < -0.39 is 9.84 Å². The van der Waals surface area contributed by atoms with Crippen LogP contribution in [0.5, 0.6) is 0 Å². The SMILES string of the molecule is O=S1(=O)C[C@@H]2NC(=S)N(c3ccc4ncccc4c3)[C@H]2C1. The van der Waals surface area contributed by atoms with Gasteiger partial charge in [-0.3, -0.25) is 4.98 Å². The highest BCUT2D eigenvalue weighted by Crippen LogP contribution is 2.31. The monoisotopic (exact) mass is 319 g/mol. The molecule has 108 valence electrons. The Bertz CT molecular complexity index is 850. The summed E-state index contributed by atoms with van der Waals surface area (Å²) >= 11 is 5.38. The van der Waals surface area contributed by atoms with Gasteiger partial charge >= 0.3 is 0 Å². The zero-order valence-electron chi connectivity index (χ0n) is 11.1. The second kappa shape index (κ2) is 4.38. The third-order valence-electron chi connectivity index (χ3n) is 4.05. The molecule has 2 aliphatic rings. The van der Waals surface area contributed by atoms with Crippen LogP contribution in [0.4, 0.5) is 5.69 Å². The number of nitrogens with zero attached hydrogens (tertiary/aromatic N) is 2. The molecule has 0 unspecified atom stereocenters. The van der Waals surface area contributed by atoms with Crippen LogP contribution in [0.25, 0.3) is 10.9 Å². The summed E-state index contributed by atoms with van der Waals surface area (Å²) in [6, 6.07) is 9.53. The van der Waals surface area contributed by atoms with Gasteiger partial charge in [0.2, 0.25) is 0 Å². The van der Waals surface area contributed by atoms with E-state index in [2.05, 4.69) is 10.3 Å². The molecule has 3 heterocycles. The lowest BCUT2D eigenvalue weighted by Gasteiger charge is -2.23. The van der Waals surface area contributed by atoms with Gasteiger partial charge in [0, 0.05) is 17.3 Å². The van der Waals surface area contributed by atoms with Crippen molar-refractivity contribution >= 4 is 43.8 Å².